The molecule has 0 aliphatic carbocycles. The Kier molecular flexibility index (Phi) is 8.97. The van der Waals surface area contributed by atoms with E-state index in [1.807, 2.05) is 23.9 Å². The molecule has 2 N–H and O–H groups in total. The van der Waals surface area contributed by atoms with Crippen LogP contribution in [-0.2, 0) is 6.42 Å². The molecule has 0 saturated carbocycles. The van der Waals surface area contributed by atoms with E-state index >= 15 is 0 Å². The molecule has 0 atom stereocenters. The van der Waals surface area contributed by atoms with Crippen molar-refractivity contribution in [3.05, 3.63) is 36.3 Å². The van der Waals surface area contributed by atoms with E-state index < -0.39 is 0 Å². The Morgan fingerprint density at radius 2 is 2.24 bits per heavy atom. The van der Waals surface area contributed by atoms with Crippen LogP contribution in [0.2, 0.25) is 0 Å². The largest absolute Gasteiger partial charge is 0.469 e. The average Bonchev–Trinajstić information content (AvgIpc) is 3.09. The van der Waals surface area contributed by atoms with Crippen molar-refractivity contribution in [2.45, 2.75) is 32.2 Å². The first-order chi connectivity index (χ1) is 12.2. The number of rotatable bonds is 9. The monoisotopic (exact) mass is 364 g/mol. The van der Waals surface area contributed by atoms with Crippen molar-refractivity contribution in [2.24, 2.45) is 4.99 Å². The molecule has 0 spiro atoms. The van der Waals surface area contributed by atoms with Gasteiger partial charge < -0.3 is 15.1 Å². The summed E-state index contributed by atoms with van der Waals surface area (Å²) in [6.07, 6.45) is 7.00. The number of hydrogen-bond acceptors (Lipinski definition) is 4. The van der Waals surface area contributed by atoms with Gasteiger partial charge in [-0.1, -0.05) is 12.2 Å². The Labute approximate surface area is 156 Å². The maximum Gasteiger partial charge on any atom is 0.191 e. The normalized spacial score (nSPS) is 16.8. The van der Waals surface area contributed by atoms with Gasteiger partial charge in [0.2, 0.25) is 0 Å². The molecule has 0 radical (unpaired) electrons. The third-order valence-electron chi connectivity index (χ3n) is 4.23. The van der Waals surface area contributed by atoms with E-state index in [0.717, 1.165) is 69.5 Å². The summed E-state index contributed by atoms with van der Waals surface area (Å²) in [7, 11) is 0. The lowest BCUT2D eigenvalue weighted by molar-refractivity contribution is 0.221. The predicted molar refractivity (Wildman–Crippen MR) is 109 cm³/mol. The molecule has 5 nitrogen and oxygen atoms in total. The summed E-state index contributed by atoms with van der Waals surface area (Å²) < 4.78 is 5.39. The topological polar surface area (TPSA) is 52.8 Å². The number of thioether (sulfide) groups is 1. The second-order valence-electron chi connectivity index (χ2n) is 6.63. The lowest BCUT2D eigenvalue weighted by Gasteiger charge is -2.33. The fourth-order valence-corrected chi connectivity index (χ4v) is 3.24. The van der Waals surface area contributed by atoms with E-state index in [2.05, 4.69) is 35.3 Å². The minimum atomic E-state index is 0.491. The number of guanidine groups is 1. The molecular formula is C19H32N4OS. The summed E-state index contributed by atoms with van der Waals surface area (Å²) in [5.41, 5.74) is 1.24. The molecule has 0 unspecified atom stereocenters. The molecule has 2 rings (SSSR count). The van der Waals surface area contributed by atoms with E-state index in [-0.39, 0.29) is 0 Å². The standard InChI is InChI=1S/C19H32N4OS/c1-16(2)15-23-11-7-17(8-12-23)22-19(21-10-14-25-3)20-9-6-18-5-4-13-24-18/h4-5,13,17H,1,6-12,14-15H2,2-3H3,(H2,20,21,22). The van der Waals surface area contributed by atoms with E-state index in [9.17, 15) is 0 Å². The molecule has 1 aromatic heterocycles. The summed E-state index contributed by atoms with van der Waals surface area (Å²) in [5.74, 6) is 2.98. The van der Waals surface area contributed by atoms with Gasteiger partial charge in [0, 0.05) is 44.4 Å². The zero-order valence-corrected chi connectivity index (χ0v) is 16.4. The fraction of sp³-hybridized carbons (Fsp3) is 0.632. The second-order valence-corrected chi connectivity index (χ2v) is 7.62. The van der Waals surface area contributed by atoms with Crippen LogP contribution in [0, 0.1) is 0 Å². The molecule has 1 saturated heterocycles. The Balaban J connectivity index is 1.77. The van der Waals surface area contributed by atoms with Crippen LogP contribution in [0.3, 0.4) is 0 Å². The van der Waals surface area contributed by atoms with Gasteiger partial charge in [0.25, 0.3) is 0 Å². The molecule has 1 fully saturated rings. The van der Waals surface area contributed by atoms with Gasteiger partial charge in [-0.25, -0.2) is 0 Å². The molecule has 140 valence electrons. The van der Waals surface area contributed by atoms with E-state index in [4.69, 9.17) is 9.41 Å². The van der Waals surface area contributed by atoms with Crippen molar-refractivity contribution in [1.82, 2.24) is 15.5 Å². The van der Waals surface area contributed by atoms with Crippen molar-refractivity contribution in [1.29, 1.82) is 0 Å². The second kappa shape index (κ2) is 11.3. The first-order valence-electron chi connectivity index (χ1n) is 9.10. The molecule has 6 heteroatoms. The van der Waals surface area contributed by atoms with E-state index in [1.165, 1.54) is 5.57 Å². The fourth-order valence-electron chi connectivity index (χ4n) is 2.97. The van der Waals surface area contributed by atoms with Crippen molar-refractivity contribution < 1.29 is 4.42 Å². The van der Waals surface area contributed by atoms with Gasteiger partial charge in [0.15, 0.2) is 5.96 Å². The number of nitrogens with zero attached hydrogens (tertiary/aromatic N) is 2. The van der Waals surface area contributed by atoms with Crippen LogP contribution >= 0.6 is 11.8 Å². The number of hydrogen-bond donors (Lipinski definition) is 2. The number of nitrogens with one attached hydrogen (secondary N) is 2. The highest BCUT2D eigenvalue weighted by Crippen LogP contribution is 2.11. The molecule has 1 aliphatic heterocycles. The maximum atomic E-state index is 5.39. The Morgan fingerprint density at radius 3 is 2.88 bits per heavy atom. The third-order valence-corrected chi connectivity index (χ3v) is 4.82. The van der Waals surface area contributed by atoms with Crippen molar-refractivity contribution in [3.63, 3.8) is 0 Å². The van der Waals surface area contributed by atoms with Gasteiger partial charge in [-0.05, 0) is 38.2 Å². The lowest BCUT2D eigenvalue weighted by atomic mass is 10.0. The number of likely N-dealkylation sites (tertiary alicyclic amines) is 1. The van der Waals surface area contributed by atoms with Crippen LogP contribution in [-0.4, -0.2) is 61.6 Å². The zero-order chi connectivity index (χ0) is 17.9. The summed E-state index contributed by atoms with van der Waals surface area (Å²) in [4.78, 5) is 7.19. The van der Waals surface area contributed by atoms with Crippen LogP contribution in [0.5, 0.6) is 0 Å². The van der Waals surface area contributed by atoms with Crippen LogP contribution < -0.4 is 10.6 Å². The van der Waals surface area contributed by atoms with Crippen LogP contribution in [0.4, 0.5) is 0 Å². The molecule has 25 heavy (non-hydrogen) atoms. The minimum absolute atomic E-state index is 0.491. The number of piperidine rings is 1. The lowest BCUT2D eigenvalue weighted by Crippen LogP contribution is -2.49. The average molecular weight is 365 g/mol. The molecule has 2 heterocycles. The van der Waals surface area contributed by atoms with Gasteiger partial charge in [-0.15, -0.1) is 0 Å². The van der Waals surface area contributed by atoms with Gasteiger partial charge in [-0.2, -0.15) is 11.8 Å². The summed E-state index contributed by atoms with van der Waals surface area (Å²) >= 11 is 1.82. The van der Waals surface area contributed by atoms with Crippen LogP contribution in [0.15, 0.2) is 40.0 Å². The van der Waals surface area contributed by atoms with Gasteiger partial charge >= 0.3 is 0 Å². The first kappa shape index (κ1) is 19.9. The predicted octanol–water partition coefficient (Wildman–Crippen LogP) is 2.76. The van der Waals surface area contributed by atoms with Crippen molar-refractivity contribution in [3.8, 4) is 0 Å². The highest BCUT2D eigenvalue weighted by molar-refractivity contribution is 7.98. The van der Waals surface area contributed by atoms with Crippen molar-refractivity contribution in [2.75, 3.05) is 44.7 Å². The minimum Gasteiger partial charge on any atom is -0.469 e. The summed E-state index contributed by atoms with van der Waals surface area (Å²) in [6, 6.07) is 4.43. The Morgan fingerprint density at radius 1 is 1.44 bits per heavy atom. The van der Waals surface area contributed by atoms with Crippen LogP contribution in [0.25, 0.3) is 0 Å². The quantitative estimate of drug-likeness (QED) is 0.305. The molecule has 1 aromatic rings. The highest BCUT2D eigenvalue weighted by Gasteiger charge is 2.19. The zero-order valence-electron chi connectivity index (χ0n) is 15.6. The number of aliphatic imine (C=N–C) groups is 1. The van der Waals surface area contributed by atoms with Gasteiger partial charge in [0.05, 0.1) is 12.8 Å². The molecule has 1 aliphatic rings. The van der Waals surface area contributed by atoms with E-state index in [0.29, 0.717) is 6.04 Å². The van der Waals surface area contributed by atoms with Gasteiger partial charge in [-0.3, -0.25) is 9.89 Å². The molecule has 0 amide bonds. The Hall–Kier alpha value is -1.40. The SMILES string of the molecule is C=C(C)CN1CCC(NC(=NCCSC)NCCc2ccco2)CC1. The smallest absolute Gasteiger partial charge is 0.191 e. The summed E-state index contributed by atoms with van der Waals surface area (Å²) in [6.45, 7) is 11.0. The first-order valence-corrected chi connectivity index (χ1v) is 10.5. The summed E-state index contributed by atoms with van der Waals surface area (Å²) in [5, 5.41) is 7.07. The van der Waals surface area contributed by atoms with Crippen molar-refractivity contribution >= 4 is 17.7 Å². The highest BCUT2D eigenvalue weighted by atomic mass is 32.2. The molecule has 0 bridgehead atoms. The molecular weight excluding hydrogens is 332 g/mol. The van der Waals surface area contributed by atoms with Gasteiger partial charge in [0.1, 0.15) is 5.76 Å². The maximum absolute atomic E-state index is 5.39. The molecule has 0 aromatic carbocycles. The van der Waals surface area contributed by atoms with E-state index in [1.54, 1.807) is 6.26 Å². The van der Waals surface area contributed by atoms with Crippen LogP contribution in [0.1, 0.15) is 25.5 Å². The Bertz CT molecular complexity index is 522. The number of furan rings is 1. The third kappa shape index (κ3) is 8.01.